The highest BCUT2D eigenvalue weighted by Gasteiger charge is 2.22. The number of nitrogens with two attached hydrogens (primary N) is 1. The molecule has 0 bridgehead atoms. The molecule has 2 heterocycles. The molecule has 0 aromatic carbocycles. The minimum absolute atomic E-state index is 0.0785. The van der Waals surface area contributed by atoms with Gasteiger partial charge in [0.25, 0.3) is 0 Å². The van der Waals surface area contributed by atoms with Crippen molar-refractivity contribution < 1.29 is 4.79 Å². The molecule has 6 heteroatoms. The van der Waals surface area contributed by atoms with E-state index >= 15 is 0 Å². The standard InChI is InChI=1S/C17H25N5O/c1-12-8-15(18)22(21-12)11-16(23)20-14(9-17(2,3)4)13-6-5-7-19-10-13/h5-8,10,14H,9,11,18H2,1-4H3,(H,20,23)/t14-/m0/s1. The van der Waals surface area contributed by atoms with Gasteiger partial charge >= 0.3 is 0 Å². The molecule has 0 spiro atoms. The Kier molecular flexibility index (Phi) is 5.03. The third-order valence-electron chi connectivity index (χ3n) is 3.47. The molecule has 0 aliphatic carbocycles. The molecule has 0 aliphatic heterocycles. The third-order valence-corrected chi connectivity index (χ3v) is 3.47. The highest BCUT2D eigenvalue weighted by molar-refractivity contribution is 5.76. The lowest BCUT2D eigenvalue weighted by atomic mass is 9.86. The van der Waals surface area contributed by atoms with Crippen LogP contribution in [-0.4, -0.2) is 20.7 Å². The van der Waals surface area contributed by atoms with Gasteiger partial charge in [0.15, 0.2) is 0 Å². The van der Waals surface area contributed by atoms with Crippen LogP contribution in [0.5, 0.6) is 0 Å². The van der Waals surface area contributed by atoms with Gasteiger partial charge in [0.1, 0.15) is 12.4 Å². The van der Waals surface area contributed by atoms with Gasteiger partial charge in [-0.05, 0) is 30.4 Å². The molecular weight excluding hydrogens is 290 g/mol. The molecule has 0 saturated carbocycles. The van der Waals surface area contributed by atoms with E-state index in [0.29, 0.717) is 5.82 Å². The van der Waals surface area contributed by atoms with Crippen LogP contribution < -0.4 is 11.1 Å². The normalized spacial score (nSPS) is 12.9. The summed E-state index contributed by atoms with van der Waals surface area (Å²) in [6.45, 7) is 8.41. The zero-order valence-electron chi connectivity index (χ0n) is 14.2. The molecule has 6 nitrogen and oxygen atoms in total. The number of carbonyl (C=O) groups excluding carboxylic acids is 1. The van der Waals surface area contributed by atoms with E-state index in [9.17, 15) is 4.79 Å². The van der Waals surface area contributed by atoms with Crippen LogP contribution in [0.25, 0.3) is 0 Å². The van der Waals surface area contributed by atoms with Crippen molar-refractivity contribution in [1.82, 2.24) is 20.1 Å². The highest BCUT2D eigenvalue weighted by atomic mass is 16.2. The zero-order valence-corrected chi connectivity index (χ0v) is 14.2. The first-order chi connectivity index (χ1) is 10.7. The average Bonchev–Trinajstić information content (AvgIpc) is 2.75. The van der Waals surface area contributed by atoms with Crippen LogP contribution in [0.15, 0.2) is 30.6 Å². The zero-order chi connectivity index (χ0) is 17.0. The van der Waals surface area contributed by atoms with Crippen LogP contribution in [0.1, 0.15) is 44.5 Å². The largest absolute Gasteiger partial charge is 0.384 e. The molecule has 1 atom stereocenters. The van der Waals surface area contributed by atoms with Gasteiger partial charge in [0, 0.05) is 18.5 Å². The Labute approximate surface area is 137 Å². The number of nitrogen functional groups attached to an aromatic ring is 1. The van der Waals surface area contributed by atoms with Crippen molar-refractivity contribution in [3.05, 3.63) is 41.9 Å². The maximum atomic E-state index is 12.4. The first kappa shape index (κ1) is 17.0. The Hall–Kier alpha value is -2.37. The lowest BCUT2D eigenvalue weighted by Crippen LogP contribution is -2.34. The number of aromatic nitrogens is 3. The Morgan fingerprint density at radius 3 is 2.70 bits per heavy atom. The van der Waals surface area contributed by atoms with Crippen molar-refractivity contribution in [2.75, 3.05) is 5.73 Å². The van der Waals surface area contributed by atoms with E-state index in [1.807, 2.05) is 19.1 Å². The van der Waals surface area contributed by atoms with Crippen LogP contribution in [0.3, 0.4) is 0 Å². The summed E-state index contributed by atoms with van der Waals surface area (Å²) >= 11 is 0. The number of anilines is 1. The summed E-state index contributed by atoms with van der Waals surface area (Å²) in [5.41, 5.74) is 7.72. The molecule has 0 radical (unpaired) electrons. The van der Waals surface area contributed by atoms with E-state index in [4.69, 9.17) is 5.73 Å². The first-order valence-corrected chi connectivity index (χ1v) is 7.74. The summed E-state index contributed by atoms with van der Waals surface area (Å²) in [6, 6.07) is 5.53. The second-order valence-corrected chi connectivity index (χ2v) is 7.04. The van der Waals surface area contributed by atoms with Gasteiger partial charge in [0.2, 0.25) is 5.91 Å². The summed E-state index contributed by atoms with van der Waals surface area (Å²) in [5, 5.41) is 7.30. The number of nitrogens with zero attached hydrogens (tertiary/aromatic N) is 3. The van der Waals surface area contributed by atoms with E-state index < -0.39 is 0 Å². The van der Waals surface area contributed by atoms with Gasteiger partial charge in [-0.1, -0.05) is 26.8 Å². The lowest BCUT2D eigenvalue weighted by Gasteiger charge is -2.27. The minimum Gasteiger partial charge on any atom is -0.384 e. The van der Waals surface area contributed by atoms with Gasteiger partial charge in [0.05, 0.1) is 11.7 Å². The maximum absolute atomic E-state index is 12.4. The van der Waals surface area contributed by atoms with Crippen molar-refractivity contribution in [2.45, 2.75) is 46.7 Å². The monoisotopic (exact) mass is 315 g/mol. The number of hydrogen-bond acceptors (Lipinski definition) is 4. The fourth-order valence-electron chi connectivity index (χ4n) is 2.51. The topological polar surface area (TPSA) is 85.8 Å². The number of nitrogens with one attached hydrogen (secondary N) is 1. The van der Waals surface area contributed by atoms with Crippen LogP contribution in [0.4, 0.5) is 5.82 Å². The van der Waals surface area contributed by atoms with Crippen molar-refractivity contribution in [3.8, 4) is 0 Å². The smallest absolute Gasteiger partial charge is 0.242 e. The average molecular weight is 315 g/mol. The fraction of sp³-hybridized carbons (Fsp3) is 0.471. The predicted molar refractivity (Wildman–Crippen MR) is 90.6 cm³/mol. The SMILES string of the molecule is Cc1cc(N)n(CC(=O)N[C@@H](CC(C)(C)C)c2cccnc2)n1. The molecule has 1 amide bonds. The molecule has 2 rings (SSSR count). The van der Waals surface area contributed by atoms with Gasteiger partial charge in [-0.2, -0.15) is 5.10 Å². The van der Waals surface area contributed by atoms with Gasteiger partial charge < -0.3 is 11.1 Å². The molecule has 23 heavy (non-hydrogen) atoms. The van der Waals surface area contributed by atoms with Crippen LogP contribution in [0, 0.1) is 12.3 Å². The quantitative estimate of drug-likeness (QED) is 0.887. The van der Waals surface area contributed by atoms with Gasteiger partial charge in [-0.15, -0.1) is 0 Å². The summed E-state index contributed by atoms with van der Waals surface area (Å²) in [5.74, 6) is 0.379. The molecule has 0 fully saturated rings. The second-order valence-electron chi connectivity index (χ2n) is 7.04. The van der Waals surface area contributed by atoms with Crippen molar-refractivity contribution >= 4 is 11.7 Å². The molecule has 0 unspecified atom stereocenters. The maximum Gasteiger partial charge on any atom is 0.242 e. The molecule has 2 aromatic rings. The lowest BCUT2D eigenvalue weighted by molar-refractivity contribution is -0.122. The van der Waals surface area contributed by atoms with Gasteiger partial charge in [-0.25, -0.2) is 4.68 Å². The molecule has 3 N–H and O–H groups in total. The minimum atomic E-state index is -0.113. The number of pyridine rings is 1. The summed E-state index contributed by atoms with van der Waals surface area (Å²) in [4.78, 5) is 16.6. The number of carbonyl (C=O) groups is 1. The molecule has 2 aromatic heterocycles. The Morgan fingerprint density at radius 2 is 2.17 bits per heavy atom. The molecular formula is C17H25N5O. The van der Waals surface area contributed by atoms with Crippen molar-refractivity contribution in [2.24, 2.45) is 5.41 Å². The third kappa shape index (κ3) is 5.09. The fourth-order valence-corrected chi connectivity index (χ4v) is 2.51. The number of hydrogen-bond donors (Lipinski definition) is 2. The van der Waals surface area contributed by atoms with Crippen molar-refractivity contribution in [1.29, 1.82) is 0 Å². The van der Waals surface area contributed by atoms with Crippen LogP contribution in [-0.2, 0) is 11.3 Å². The van der Waals surface area contributed by atoms with Gasteiger partial charge in [-0.3, -0.25) is 9.78 Å². The molecule has 124 valence electrons. The van der Waals surface area contributed by atoms with E-state index in [-0.39, 0.29) is 23.9 Å². The summed E-state index contributed by atoms with van der Waals surface area (Å²) < 4.78 is 1.52. The number of amides is 1. The second kappa shape index (κ2) is 6.81. The molecule has 0 aliphatic rings. The Balaban J connectivity index is 2.11. The summed E-state index contributed by atoms with van der Waals surface area (Å²) in [7, 11) is 0. The summed E-state index contributed by atoms with van der Waals surface area (Å²) in [6.07, 6.45) is 4.34. The first-order valence-electron chi connectivity index (χ1n) is 7.74. The number of aryl methyl sites for hydroxylation is 1. The van der Waals surface area contributed by atoms with Crippen LogP contribution in [0.2, 0.25) is 0 Å². The Bertz CT molecular complexity index is 657. The van der Waals surface area contributed by atoms with E-state index in [0.717, 1.165) is 17.7 Å². The predicted octanol–water partition coefficient (Wildman–Crippen LogP) is 2.46. The van der Waals surface area contributed by atoms with E-state index in [1.54, 1.807) is 18.5 Å². The highest BCUT2D eigenvalue weighted by Crippen LogP contribution is 2.29. The Morgan fingerprint density at radius 1 is 1.43 bits per heavy atom. The van der Waals surface area contributed by atoms with Crippen LogP contribution >= 0.6 is 0 Å². The number of rotatable bonds is 5. The van der Waals surface area contributed by atoms with E-state index in [2.05, 4.69) is 36.2 Å². The van der Waals surface area contributed by atoms with Crippen molar-refractivity contribution in [3.63, 3.8) is 0 Å². The van der Waals surface area contributed by atoms with E-state index in [1.165, 1.54) is 4.68 Å². The molecule has 0 saturated heterocycles.